The Balaban J connectivity index is 1.03. The van der Waals surface area contributed by atoms with Crippen LogP contribution in [0.4, 0.5) is 0 Å². The summed E-state index contributed by atoms with van der Waals surface area (Å²) in [4.78, 5) is 15.7. The Labute approximate surface area is 358 Å². The highest BCUT2D eigenvalue weighted by atomic mass is 15.0. The molecule has 0 bridgehead atoms. The van der Waals surface area contributed by atoms with Gasteiger partial charge in [-0.1, -0.05) is 170 Å². The first-order valence-electron chi connectivity index (χ1n) is 20.9. The molecular weight excluding hydrogens is 755 g/mol. The van der Waals surface area contributed by atoms with Crippen molar-refractivity contribution in [2.75, 3.05) is 0 Å². The summed E-state index contributed by atoms with van der Waals surface area (Å²) in [5.74, 6) is 1.83. The van der Waals surface area contributed by atoms with Crippen LogP contribution in [0.25, 0.3) is 111 Å². The molecule has 0 aliphatic heterocycles. The van der Waals surface area contributed by atoms with Gasteiger partial charge < -0.3 is 9.13 Å². The fourth-order valence-corrected chi connectivity index (χ4v) is 9.02. The molecule has 290 valence electrons. The molecule has 0 saturated carbocycles. The van der Waals surface area contributed by atoms with Gasteiger partial charge in [0.05, 0.1) is 22.1 Å². The van der Waals surface area contributed by atoms with Gasteiger partial charge in [0.2, 0.25) is 0 Å². The highest BCUT2D eigenvalue weighted by Crippen LogP contribution is 2.38. The van der Waals surface area contributed by atoms with Crippen LogP contribution in [-0.2, 0) is 0 Å². The molecule has 0 aliphatic rings. The van der Waals surface area contributed by atoms with Gasteiger partial charge in [0.25, 0.3) is 0 Å². The molecule has 0 unspecified atom stereocenters. The highest BCUT2D eigenvalue weighted by molar-refractivity contribution is 6.11. The molecule has 0 atom stereocenters. The van der Waals surface area contributed by atoms with E-state index < -0.39 is 0 Å². The number of rotatable bonds is 7. The summed E-state index contributed by atoms with van der Waals surface area (Å²) < 4.78 is 4.68. The van der Waals surface area contributed by atoms with E-state index in [-0.39, 0.29) is 0 Å². The Hall–Kier alpha value is -8.41. The number of hydrogen-bond donors (Lipinski definition) is 0. The molecule has 0 N–H and O–H groups in total. The Kier molecular flexibility index (Phi) is 8.42. The topological polar surface area (TPSA) is 48.5 Å². The minimum Gasteiger partial charge on any atom is -0.309 e. The van der Waals surface area contributed by atoms with Crippen molar-refractivity contribution in [3.05, 3.63) is 224 Å². The van der Waals surface area contributed by atoms with Gasteiger partial charge in [-0.25, -0.2) is 15.0 Å². The standard InChI is InChI=1S/C57H37N5/c1-4-15-38(16-5-1)40-27-29-41(30-28-40)55-58-56(60-57(59-55)44-31-33-49-47-23-10-12-25-51(47)61(54(49)37-44)45-20-8-3-9-21-45)43-19-14-22-46(35-43)62-52-26-13-11-24-48(52)50-36-42(32-34-53(50)62)39-17-6-2-7-18-39/h1-37H. The van der Waals surface area contributed by atoms with E-state index >= 15 is 0 Å². The van der Waals surface area contributed by atoms with Crippen molar-refractivity contribution < 1.29 is 0 Å². The monoisotopic (exact) mass is 791 g/mol. The van der Waals surface area contributed by atoms with Crippen LogP contribution in [0.1, 0.15) is 0 Å². The number of benzene rings is 9. The van der Waals surface area contributed by atoms with Crippen LogP contribution in [0.15, 0.2) is 224 Å². The summed E-state index contributed by atoms with van der Waals surface area (Å²) in [7, 11) is 0. The number of hydrogen-bond acceptors (Lipinski definition) is 3. The van der Waals surface area contributed by atoms with Crippen molar-refractivity contribution >= 4 is 43.6 Å². The molecule has 0 aliphatic carbocycles. The molecule has 62 heavy (non-hydrogen) atoms. The van der Waals surface area contributed by atoms with Gasteiger partial charge in [0, 0.05) is 49.6 Å². The van der Waals surface area contributed by atoms with Crippen LogP contribution in [0.5, 0.6) is 0 Å². The largest absolute Gasteiger partial charge is 0.309 e. The molecule has 9 aromatic carbocycles. The van der Waals surface area contributed by atoms with Gasteiger partial charge in [-0.2, -0.15) is 0 Å². The SMILES string of the molecule is c1ccc(-c2ccc(-c3nc(-c4cccc(-n5c6ccccc6c6cc(-c7ccccc7)ccc65)c4)nc(-c4ccc5c6ccccc6n(-c6ccccc6)c5c4)n3)cc2)cc1. The maximum Gasteiger partial charge on any atom is 0.164 e. The number of aromatic nitrogens is 5. The first-order valence-corrected chi connectivity index (χ1v) is 20.9. The minimum absolute atomic E-state index is 0.606. The van der Waals surface area contributed by atoms with Gasteiger partial charge in [-0.15, -0.1) is 0 Å². The lowest BCUT2D eigenvalue weighted by Crippen LogP contribution is -2.01. The molecular formula is C57H37N5. The van der Waals surface area contributed by atoms with Crippen molar-refractivity contribution in [3.63, 3.8) is 0 Å². The number of nitrogens with zero attached hydrogens (tertiary/aromatic N) is 5. The van der Waals surface area contributed by atoms with E-state index in [1.165, 1.54) is 32.7 Å². The third-order valence-electron chi connectivity index (χ3n) is 12.0. The fourth-order valence-electron chi connectivity index (χ4n) is 9.02. The molecule has 0 amide bonds. The van der Waals surface area contributed by atoms with Crippen molar-refractivity contribution in [3.8, 4) is 67.8 Å². The normalized spacial score (nSPS) is 11.5. The van der Waals surface area contributed by atoms with E-state index in [2.05, 4.69) is 228 Å². The van der Waals surface area contributed by atoms with Gasteiger partial charge >= 0.3 is 0 Å². The molecule has 12 aromatic rings. The average molecular weight is 792 g/mol. The quantitative estimate of drug-likeness (QED) is 0.162. The summed E-state index contributed by atoms with van der Waals surface area (Å²) >= 11 is 0. The maximum absolute atomic E-state index is 5.28. The molecule has 5 nitrogen and oxygen atoms in total. The predicted octanol–water partition coefficient (Wildman–Crippen LogP) is 14.4. The van der Waals surface area contributed by atoms with Gasteiger partial charge in [-0.3, -0.25) is 0 Å². The minimum atomic E-state index is 0.606. The lowest BCUT2D eigenvalue weighted by atomic mass is 10.0. The zero-order chi connectivity index (χ0) is 41.0. The predicted molar refractivity (Wildman–Crippen MR) is 256 cm³/mol. The van der Waals surface area contributed by atoms with E-state index in [9.17, 15) is 0 Å². The zero-order valence-corrected chi connectivity index (χ0v) is 33.6. The van der Waals surface area contributed by atoms with Gasteiger partial charge in [0.15, 0.2) is 17.5 Å². The lowest BCUT2D eigenvalue weighted by molar-refractivity contribution is 1.07. The van der Waals surface area contributed by atoms with Crippen LogP contribution < -0.4 is 0 Å². The second kappa shape index (κ2) is 14.7. The molecule has 0 saturated heterocycles. The molecule has 12 rings (SSSR count). The summed E-state index contributed by atoms with van der Waals surface area (Å²) in [6.45, 7) is 0. The van der Waals surface area contributed by atoms with Gasteiger partial charge in [0.1, 0.15) is 0 Å². The van der Waals surface area contributed by atoms with E-state index in [1.54, 1.807) is 0 Å². The molecule has 0 spiro atoms. The molecule has 3 aromatic heterocycles. The molecule has 3 heterocycles. The second-order valence-corrected chi connectivity index (χ2v) is 15.7. The number of para-hydroxylation sites is 3. The maximum atomic E-state index is 5.28. The lowest BCUT2D eigenvalue weighted by Gasteiger charge is -2.12. The van der Waals surface area contributed by atoms with E-state index in [1.807, 2.05) is 6.07 Å². The third kappa shape index (κ3) is 6.06. The number of fused-ring (bicyclic) bond motifs is 6. The molecule has 5 heteroatoms. The van der Waals surface area contributed by atoms with Gasteiger partial charge in [-0.05, 0) is 76.9 Å². The van der Waals surface area contributed by atoms with Crippen LogP contribution in [0.3, 0.4) is 0 Å². The van der Waals surface area contributed by atoms with E-state index in [0.717, 1.165) is 61.3 Å². The van der Waals surface area contributed by atoms with Crippen molar-refractivity contribution in [2.45, 2.75) is 0 Å². The Morgan fingerprint density at radius 2 is 0.645 bits per heavy atom. The summed E-state index contributed by atoms with van der Waals surface area (Å²) in [5.41, 5.74) is 14.1. The zero-order valence-electron chi connectivity index (χ0n) is 33.6. The van der Waals surface area contributed by atoms with Crippen molar-refractivity contribution in [1.29, 1.82) is 0 Å². The molecule has 0 fully saturated rings. The van der Waals surface area contributed by atoms with Crippen molar-refractivity contribution in [2.24, 2.45) is 0 Å². The second-order valence-electron chi connectivity index (χ2n) is 15.7. The van der Waals surface area contributed by atoms with Crippen molar-refractivity contribution in [1.82, 2.24) is 24.1 Å². The first kappa shape index (κ1) is 35.5. The van der Waals surface area contributed by atoms with Crippen LogP contribution in [-0.4, -0.2) is 24.1 Å². The Morgan fingerprint density at radius 3 is 1.32 bits per heavy atom. The third-order valence-corrected chi connectivity index (χ3v) is 12.0. The first-order chi connectivity index (χ1) is 30.7. The smallest absolute Gasteiger partial charge is 0.164 e. The van der Waals surface area contributed by atoms with Crippen LogP contribution in [0.2, 0.25) is 0 Å². The highest BCUT2D eigenvalue weighted by Gasteiger charge is 2.19. The van der Waals surface area contributed by atoms with E-state index in [0.29, 0.717) is 17.5 Å². The Bertz CT molecular complexity index is 3610. The van der Waals surface area contributed by atoms with Crippen LogP contribution >= 0.6 is 0 Å². The summed E-state index contributed by atoms with van der Waals surface area (Å²) in [5, 5.41) is 4.79. The summed E-state index contributed by atoms with van der Waals surface area (Å²) in [6, 6.07) is 79.2. The molecule has 0 radical (unpaired) electrons. The fraction of sp³-hybridized carbons (Fsp3) is 0. The summed E-state index contributed by atoms with van der Waals surface area (Å²) in [6.07, 6.45) is 0. The Morgan fingerprint density at radius 1 is 0.226 bits per heavy atom. The van der Waals surface area contributed by atoms with E-state index in [4.69, 9.17) is 15.0 Å². The average Bonchev–Trinajstić information content (AvgIpc) is 3.87. The van der Waals surface area contributed by atoms with Crippen LogP contribution in [0, 0.1) is 0 Å².